The summed E-state index contributed by atoms with van der Waals surface area (Å²) in [5.74, 6) is -0.229. The van der Waals surface area contributed by atoms with Gasteiger partial charge in [0.05, 0.1) is 18.4 Å². The number of allylic oxidation sites excluding steroid dienone is 4. The van der Waals surface area contributed by atoms with E-state index in [4.69, 9.17) is 4.74 Å². The number of thioether (sulfide) groups is 1. The Labute approximate surface area is 165 Å². The van der Waals surface area contributed by atoms with Crippen molar-refractivity contribution in [1.29, 1.82) is 0 Å². The van der Waals surface area contributed by atoms with Crippen LogP contribution in [0.2, 0.25) is 0 Å². The molecule has 8 heteroatoms. The van der Waals surface area contributed by atoms with Crippen LogP contribution in [0.25, 0.3) is 0 Å². The molecule has 0 amide bonds. The highest BCUT2D eigenvalue weighted by Gasteiger charge is 2.54. The molecule has 3 atom stereocenters. The van der Waals surface area contributed by atoms with Gasteiger partial charge in [0.1, 0.15) is 0 Å². The van der Waals surface area contributed by atoms with Gasteiger partial charge < -0.3 is 4.74 Å². The average molecular weight is 412 g/mol. The molecule has 28 heavy (non-hydrogen) atoms. The quantitative estimate of drug-likeness (QED) is 0.592. The Morgan fingerprint density at radius 3 is 2.64 bits per heavy atom. The standard InChI is InChI=1S/C20H20F4N2OS/c1-10-4-6-14(11(2)8-10)26-17-12-5-7-15(27-3)16(21)13(12)9-28-18(17)19(25-26)20(22,23)24/h4-7,11,17-18H,8-9H2,1-3H3. The van der Waals surface area contributed by atoms with Crippen molar-refractivity contribution in [2.45, 2.75) is 43.5 Å². The number of hydrazone groups is 1. The maximum absolute atomic E-state index is 14.8. The molecule has 0 aromatic heterocycles. The van der Waals surface area contributed by atoms with E-state index in [0.29, 0.717) is 11.1 Å². The SMILES string of the molecule is COc1ccc2c(c1F)CSC1C(C(F)(F)F)=NN(C3=CC=C(C)CC3C)C21. The van der Waals surface area contributed by atoms with E-state index in [-0.39, 0.29) is 17.4 Å². The highest BCUT2D eigenvalue weighted by atomic mass is 32.2. The molecule has 1 aromatic rings. The van der Waals surface area contributed by atoms with Gasteiger partial charge >= 0.3 is 6.18 Å². The summed E-state index contributed by atoms with van der Waals surface area (Å²) in [5, 5.41) is 4.61. The van der Waals surface area contributed by atoms with Crippen LogP contribution in [-0.4, -0.2) is 29.3 Å². The van der Waals surface area contributed by atoms with Crippen LogP contribution in [0, 0.1) is 11.7 Å². The largest absolute Gasteiger partial charge is 0.494 e. The van der Waals surface area contributed by atoms with E-state index in [9.17, 15) is 17.6 Å². The fraction of sp³-hybridized carbons (Fsp3) is 0.450. The van der Waals surface area contributed by atoms with E-state index in [1.165, 1.54) is 23.8 Å². The molecule has 4 rings (SSSR count). The zero-order chi connectivity index (χ0) is 20.2. The van der Waals surface area contributed by atoms with Gasteiger partial charge in [-0.3, -0.25) is 5.01 Å². The van der Waals surface area contributed by atoms with Crippen molar-refractivity contribution in [2.75, 3.05) is 7.11 Å². The second kappa shape index (κ2) is 6.83. The second-order valence-corrected chi connectivity index (χ2v) is 8.49. The van der Waals surface area contributed by atoms with E-state index < -0.39 is 29.0 Å². The first-order chi connectivity index (χ1) is 13.2. The number of fused-ring (bicyclic) bond motifs is 3. The first-order valence-electron chi connectivity index (χ1n) is 9.01. The molecule has 0 bridgehead atoms. The van der Waals surface area contributed by atoms with Gasteiger partial charge in [0, 0.05) is 22.9 Å². The molecule has 0 spiro atoms. The summed E-state index contributed by atoms with van der Waals surface area (Å²) in [6, 6.07) is 2.46. The molecule has 0 saturated carbocycles. The molecule has 2 aliphatic heterocycles. The Kier molecular flexibility index (Phi) is 4.72. The van der Waals surface area contributed by atoms with Crippen LogP contribution in [0.15, 0.2) is 40.7 Å². The Balaban J connectivity index is 1.85. The van der Waals surface area contributed by atoms with Gasteiger partial charge in [0.25, 0.3) is 0 Å². The van der Waals surface area contributed by atoms with Gasteiger partial charge in [-0.1, -0.05) is 24.6 Å². The number of benzene rings is 1. The number of hydrogen-bond acceptors (Lipinski definition) is 4. The lowest BCUT2D eigenvalue weighted by Crippen LogP contribution is -2.37. The van der Waals surface area contributed by atoms with E-state index in [1.54, 1.807) is 6.07 Å². The number of methoxy groups -OCH3 is 1. The van der Waals surface area contributed by atoms with Crippen molar-refractivity contribution in [3.8, 4) is 5.75 Å². The lowest BCUT2D eigenvalue weighted by Gasteiger charge is -2.37. The lowest BCUT2D eigenvalue weighted by molar-refractivity contribution is -0.0598. The van der Waals surface area contributed by atoms with E-state index >= 15 is 0 Å². The lowest BCUT2D eigenvalue weighted by atomic mass is 9.90. The highest BCUT2D eigenvalue weighted by Crippen LogP contribution is 2.51. The Bertz CT molecular complexity index is 906. The minimum Gasteiger partial charge on any atom is -0.494 e. The molecule has 0 fully saturated rings. The molecule has 1 aliphatic carbocycles. The molecular formula is C20H20F4N2OS. The van der Waals surface area contributed by atoms with Gasteiger partial charge in [-0.05, 0) is 31.1 Å². The molecule has 3 aliphatic rings. The maximum atomic E-state index is 14.8. The van der Waals surface area contributed by atoms with Crippen LogP contribution in [0.1, 0.15) is 37.4 Å². The smallest absolute Gasteiger partial charge is 0.432 e. The molecule has 3 unspecified atom stereocenters. The van der Waals surface area contributed by atoms with Crippen LogP contribution < -0.4 is 4.74 Å². The second-order valence-electron chi connectivity index (χ2n) is 7.36. The Hall–Kier alpha value is -1.96. The number of ether oxygens (including phenoxy) is 1. The molecule has 150 valence electrons. The minimum absolute atomic E-state index is 0.0282. The number of nitrogens with zero attached hydrogens (tertiary/aromatic N) is 2. The molecule has 0 radical (unpaired) electrons. The summed E-state index contributed by atoms with van der Waals surface area (Å²) in [7, 11) is 1.37. The van der Waals surface area contributed by atoms with Crippen LogP contribution in [0.3, 0.4) is 0 Å². The maximum Gasteiger partial charge on any atom is 0.432 e. The third-order valence-electron chi connectivity index (χ3n) is 5.45. The van der Waals surface area contributed by atoms with Crippen molar-refractivity contribution < 1.29 is 22.3 Å². The molecule has 2 heterocycles. The number of hydrogen-bond donors (Lipinski definition) is 0. The number of alkyl halides is 3. The van der Waals surface area contributed by atoms with Gasteiger partial charge in [-0.25, -0.2) is 4.39 Å². The first-order valence-corrected chi connectivity index (χ1v) is 10.1. The van der Waals surface area contributed by atoms with Gasteiger partial charge in [-0.2, -0.15) is 18.3 Å². The molecular weight excluding hydrogens is 392 g/mol. The minimum atomic E-state index is -4.53. The summed E-state index contributed by atoms with van der Waals surface area (Å²) in [6.07, 6.45) is -0.0237. The number of rotatable bonds is 2. The Morgan fingerprint density at radius 1 is 1.25 bits per heavy atom. The predicted molar refractivity (Wildman–Crippen MR) is 102 cm³/mol. The monoisotopic (exact) mass is 412 g/mol. The average Bonchev–Trinajstić information content (AvgIpc) is 3.02. The molecule has 0 saturated heterocycles. The van der Waals surface area contributed by atoms with Crippen molar-refractivity contribution >= 4 is 17.5 Å². The summed E-state index contributed by atoms with van der Waals surface area (Å²) in [4.78, 5) is 0. The summed E-state index contributed by atoms with van der Waals surface area (Å²) in [6.45, 7) is 3.97. The van der Waals surface area contributed by atoms with Crippen molar-refractivity contribution in [3.63, 3.8) is 0 Å². The third kappa shape index (κ3) is 3.02. The fourth-order valence-corrected chi connectivity index (χ4v) is 5.56. The third-order valence-corrected chi connectivity index (χ3v) is 6.75. The zero-order valence-electron chi connectivity index (χ0n) is 15.7. The van der Waals surface area contributed by atoms with Crippen LogP contribution in [0.5, 0.6) is 5.75 Å². The number of halogens is 4. The molecule has 0 N–H and O–H groups in total. The summed E-state index contributed by atoms with van der Waals surface area (Å²) >= 11 is 1.08. The van der Waals surface area contributed by atoms with Crippen molar-refractivity contribution in [1.82, 2.24) is 5.01 Å². The predicted octanol–water partition coefficient (Wildman–Crippen LogP) is 5.59. The van der Waals surface area contributed by atoms with Crippen LogP contribution >= 0.6 is 11.8 Å². The molecule has 1 aromatic carbocycles. The zero-order valence-corrected chi connectivity index (χ0v) is 16.5. The van der Waals surface area contributed by atoms with E-state index in [0.717, 1.165) is 23.9 Å². The Morgan fingerprint density at radius 2 is 2.00 bits per heavy atom. The van der Waals surface area contributed by atoms with Crippen molar-refractivity contribution in [3.05, 3.63) is 52.5 Å². The van der Waals surface area contributed by atoms with E-state index in [2.05, 4.69) is 5.10 Å². The fourth-order valence-electron chi connectivity index (χ4n) is 4.13. The summed E-state index contributed by atoms with van der Waals surface area (Å²) in [5.41, 5.74) is 2.03. The normalized spacial score (nSPS) is 26.9. The van der Waals surface area contributed by atoms with Gasteiger partial charge in [-0.15, -0.1) is 11.8 Å². The topological polar surface area (TPSA) is 24.8 Å². The first kappa shape index (κ1) is 19.4. The highest BCUT2D eigenvalue weighted by molar-refractivity contribution is 8.00. The molecule has 3 nitrogen and oxygen atoms in total. The van der Waals surface area contributed by atoms with Gasteiger partial charge in [0.15, 0.2) is 17.3 Å². The van der Waals surface area contributed by atoms with Crippen LogP contribution in [-0.2, 0) is 5.75 Å². The summed E-state index contributed by atoms with van der Waals surface area (Å²) < 4.78 is 61.0. The van der Waals surface area contributed by atoms with Crippen LogP contribution in [0.4, 0.5) is 17.6 Å². The van der Waals surface area contributed by atoms with E-state index in [1.807, 2.05) is 26.0 Å². The van der Waals surface area contributed by atoms with Crippen molar-refractivity contribution in [2.24, 2.45) is 11.0 Å². The van der Waals surface area contributed by atoms with Gasteiger partial charge in [0.2, 0.25) is 0 Å².